The van der Waals surface area contributed by atoms with Gasteiger partial charge < -0.3 is 0 Å². The molecule has 0 aliphatic heterocycles. The van der Waals surface area contributed by atoms with Crippen molar-refractivity contribution in [2.24, 2.45) is 0 Å². The molecule has 1 rings (SSSR count). The van der Waals surface area contributed by atoms with Crippen LogP contribution < -0.4 is 5.30 Å². The van der Waals surface area contributed by atoms with Gasteiger partial charge in [0.15, 0.2) is 0 Å². The summed E-state index contributed by atoms with van der Waals surface area (Å²) in [4.78, 5) is 0. The van der Waals surface area contributed by atoms with Crippen molar-refractivity contribution in [2.45, 2.75) is 65.5 Å². The lowest BCUT2D eigenvalue weighted by Crippen LogP contribution is -2.28. The summed E-state index contributed by atoms with van der Waals surface area (Å²) >= 11 is 0. The average Bonchev–Trinajstić information content (AvgIpc) is 2.56. The number of unbranched alkanes of at least 4 members (excludes halogenated alkanes) is 5. The first-order valence-corrected chi connectivity index (χ1v) is 10.6. The van der Waals surface area contributed by atoms with Crippen LogP contribution in [0.4, 0.5) is 13.2 Å². The molecule has 138 valence electrons. The number of hydrogen-bond acceptors (Lipinski definition) is 1. The van der Waals surface area contributed by atoms with Gasteiger partial charge in [-0.25, -0.2) is 0 Å². The van der Waals surface area contributed by atoms with Crippen LogP contribution in [0, 0.1) is 0 Å². The summed E-state index contributed by atoms with van der Waals surface area (Å²) < 4.78 is 42.4. The zero-order chi connectivity index (χ0) is 18.0. The topological polar surface area (TPSA) is 3.24 Å². The van der Waals surface area contributed by atoms with Gasteiger partial charge in [0, 0.05) is 5.30 Å². The third-order valence-corrected chi connectivity index (χ3v) is 7.22. The Bertz CT molecular complexity index is 458. The number of nitrogens with zero attached hydrogens (tertiary/aromatic N) is 1. The van der Waals surface area contributed by atoms with Crippen LogP contribution in [-0.4, -0.2) is 23.9 Å². The average molecular weight is 361 g/mol. The minimum atomic E-state index is -4.27. The van der Waals surface area contributed by atoms with Crippen LogP contribution in [0.2, 0.25) is 0 Å². The van der Waals surface area contributed by atoms with Crippen LogP contribution in [0.5, 0.6) is 0 Å². The number of halogens is 3. The molecule has 1 aromatic rings. The molecule has 1 atom stereocenters. The minimum Gasteiger partial charge on any atom is -0.279 e. The van der Waals surface area contributed by atoms with E-state index in [-0.39, 0.29) is 0 Å². The third-order valence-electron chi connectivity index (χ3n) is 4.28. The predicted octanol–water partition coefficient (Wildman–Crippen LogP) is 6.43. The van der Waals surface area contributed by atoms with Crippen LogP contribution in [0.25, 0.3) is 0 Å². The molecule has 0 saturated heterocycles. The Morgan fingerprint density at radius 3 is 2.04 bits per heavy atom. The molecular weight excluding hydrogens is 330 g/mol. The van der Waals surface area contributed by atoms with Gasteiger partial charge in [0.25, 0.3) is 0 Å². The van der Waals surface area contributed by atoms with Gasteiger partial charge in [-0.15, -0.1) is 0 Å². The van der Waals surface area contributed by atoms with Gasteiger partial charge in [0.05, 0.1) is 5.56 Å². The second kappa shape index (κ2) is 11.1. The summed E-state index contributed by atoms with van der Waals surface area (Å²) in [6, 6.07) is 6.15. The smallest absolute Gasteiger partial charge is 0.279 e. The highest BCUT2D eigenvalue weighted by molar-refractivity contribution is 7.63. The summed E-state index contributed by atoms with van der Waals surface area (Å²) in [5, 5.41) is 0.497. The SMILES string of the molecule is CCCCCCCCP(c1ccccc1C(F)(F)F)N(CC)CC. The van der Waals surface area contributed by atoms with Crippen molar-refractivity contribution in [3.05, 3.63) is 29.8 Å². The number of rotatable bonds is 11. The largest absolute Gasteiger partial charge is 0.417 e. The molecule has 1 nitrogen and oxygen atoms in total. The molecule has 1 unspecified atom stereocenters. The van der Waals surface area contributed by atoms with Gasteiger partial charge in [-0.1, -0.05) is 71.1 Å². The lowest BCUT2D eigenvalue weighted by molar-refractivity contribution is -0.136. The highest BCUT2D eigenvalue weighted by Crippen LogP contribution is 2.44. The molecule has 0 aliphatic carbocycles. The first-order valence-electron chi connectivity index (χ1n) is 9.14. The quantitative estimate of drug-likeness (QED) is 0.324. The first-order chi connectivity index (χ1) is 11.5. The van der Waals surface area contributed by atoms with Crippen LogP contribution in [0.1, 0.15) is 64.9 Å². The van der Waals surface area contributed by atoms with Crippen LogP contribution in [0.15, 0.2) is 24.3 Å². The van der Waals surface area contributed by atoms with Crippen molar-refractivity contribution in [2.75, 3.05) is 19.3 Å². The lowest BCUT2D eigenvalue weighted by atomic mass is 10.1. The van der Waals surface area contributed by atoms with Crippen molar-refractivity contribution >= 4 is 13.4 Å². The van der Waals surface area contributed by atoms with Gasteiger partial charge in [-0.05, 0) is 39.8 Å². The second-order valence-corrected chi connectivity index (χ2v) is 8.34. The Morgan fingerprint density at radius 1 is 0.875 bits per heavy atom. The van der Waals surface area contributed by atoms with Crippen LogP contribution in [0.3, 0.4) is 0 Å². The molecule has 5 heteroatoms. The standard InChI is InChI=1S/C19H31F3NP/c1-4-7-8-9-10-13-16-24(23(5-2)6-3)18-15-12-11-14-17(18)19(20,21)22/h11-12,14-15H,4-10,13,16H2,1-3H3. The minimum absolute atomic E-state index is 0.450. The maximum atomic E-state index is 13.4. The van der Waals surface area contributed by atoms with E-state index < -0.39 is 19.8 Å². The van der Waals surface area contributed by atoms with E-state index in [1.165, 1.54) is 37.8 Å². The van der Waals surface area contributed by atoms with E-state index in [4.69, 9.17) is 0 Å². The molecule has 0 heterocycles. The fraction of sp³-hybridized carbons (Fsp3) is 0.684. The van der Waals surface area contributed by atoms with Gasteiger partial charge in [0.1, 0.15) is 0 Å². The van der Waals surface area contributed by atoms with Crippen molar-refractivity contribution in [3.8, 4) is 0 Å². The van der Waals surface area contributed by atoms with Gasteiger partial charge in [-0.2, -0.15) is 13.2 Å². The predicted molar refractivity (Wildman–Crippen MR) is 99.2 cm³/mol. The molecule has 0 amide bonds. The highest BCUT2D eigenvalue weighted by Gasteiger charge is 2.35. The van der Waals surface area contributed by atoms with E-state index in [1.54, 1.807) is 12.1 Å². The lowest BCUT2D eigenvalue weighted by Gasteiger charge is -2.32. The summed E-state index contributed by atoms with van der Waals surface area (Å²) in [7, 11) is -0.916. The maximum Gasteiger partial charge on any atom is 0.417 e. The monoisotopic (exact) mass is 361 g/mol. The Labute approximate surface area is 146 Å². The Kier molecular flexibility index (Phi) is 9.92. The van der Waals surface area contributed by atoms with Crippen molar-refractivity contribution in [1.82, 2.24) is 4.67 Å². The summed E-state index contributed by atoms with van der Waals surface area (Å²) in [5.74, 6) is 0. The number of benzene rings is 1. The third kappa shape index (κ3) is 6.72. The molecule has 0 aliphatic rings. The molecule has 24 heavy (non-hydrogen) atoms. The van der Waals surface area contributed by atoms with Crippen LogP contribution >= 0.6 is 8.07 Å². The Hall–Kier alpha value is -0.600. The summed E-state index contributed by atoms with van der Waals surface area (Å²) in [5.41, 5.74) is -0.450. The molecule has 0 fully saturated rings. The van der Waals surface area contributed by atoms with E-state index >= 15 is 0 Å². The highest BCUT2D eigenvalue weighted by atomic mass is 31.1. The summed E-state index contributed by atoms with van der Waals surface area (Å²) in [6.45, 7) is 7.86. The van der Waals surface area contributed by atoms with Gasteiger partial charge in [0.2, 0.25) is 0 Å². The first kappa shape index (κ1) is 21.4. The zero-order valence-corrected chi connectivity index (χ0v) is 16.1. The van der Waals surface area contributed by atoms with E-state index in [9.17, 15) is 13.2 Å². The van der Waals surface area contributed by atoms with Gasteiger partial charge in [-0.3, -0.25) is 4.67 Å². The number of hydrogen-bond donors (Lipinski definition) is 0. The van der Waals surface area contributed by atoms with E-state index in [0.717, 1.165) is 32.1 Å². The Morgan fingerprint density at radius 2 is 1.46 bits per heavy atom. The molecule has 1 aromatic carbocycles. The van der Waals surface area contributed by atoms with Crippen molar-refractivity contribution < 1.29 is 13.2 Å². The molecule has 0 bridgehead atoms. The molecule has 0 radical (unpaired) electrons. The molecule has 0 N–H and O–H groups in total. The van der Waals surface area contributed by atoms with Crippen molar-refractivity contribution in [1.29, 1.82) is 0 Å². The van der Waals surface area contributed by atoms with Gasteiger partial charge >= 0.3 is 6.18 Å². The van der Waals surface area contributed by atoms with E-state index in [2.05, 4.69) is 11.6 Å². The van der Waals surface area contributed by atoms with E-state index in [1.807, 2.05) is 13.8 Å². The number of alkyl halides is 3. The fourth-order valence-corrected chi connectivity index (χ4v) is 5.73. The molecule has 0 saturated carbocycles. The Balaban J connectivity index is 2.87. The normalized spacial score (nSPS) is 13.5. The van der Waals surface area contributed by atoms with Crippen molar-refractivity contribution in [3.63, 3.8) is 0 Å². The molecular formula is C19H31F3NP. The van der Waals surface area contributed by atoms with Crippen LogP contribution in [-0.2, 0) is 6.18 Å². The van der Waals surface area contributed by atoms with E-state index in [0.29, 0.717) is 5.30 Å². The molecule has 0 aromatic heterocycles. The zero-order valence-electron chi connectivity index (χ0n) is 15.2. The fourth-order valence-electron chi connectivity index (χ4n) is 2.96. The summed E-state index contributed by atoms with van der Waals surface area (Å²) in [6.07, 6.45) is 3.61. The molecule has 0 spiro atoms. The second-order valence-electron chi connectivity index (χ2n) is 6.04. The maximum absolute atomic E-state index is 13.4.